The number of nitrogens with zero attached hydrogens (tertiary/aromatic N) is 4. The zero-order valence-corrected chi connectivity index (χ0v) is 11.8. The number of hydrogen-bond donors (Lipinski definition) is 0. The normalized spacial score (nSPS) is 21.1. The van der Waals surface area contributed by atoms with Gasteiger partial charge in [-0.2, -0.15) is 0 Å². The van der Waals surface area contributed by atoms with E-state index in [0.29, 0.717) is 6.17 Å². The summed E-state index contributed by atoms with van der Waals surface area (Å²) in [6.07, 6.45) is 7.10. The Morgan fingerprint density at radius 2 is 2.21 bits per heavy atom. The number of fused-ring (bicyclic) bond motifs is 1. The average Bonchev–Trinajstić information content (AvgIpc) is 2.85. The van der Waals surface area contributed by atoms with E-state index in [1.165, 1.54) is 31.6 Å². The Hall–Kier alpha value is -1.42. The first-order valence-corrected chi connectivity index (χ1v) is 7.41. The lowest BCUT2D eigenvalue weighted by Crippen LogP contribution is -2.37. The summed E-state index contributed by atoms with van der Waals surface area (Å²) in [5.74, 6) is 1.17. The van der Waals surface area contributed by atoms with E-state index >= 15 is 0 Å². The van der Waals surface area contributed by atoms with E-state index in [1.54, 1.807) is 0 Å². The molecule has 4 nitrogen and oxygen atoms in total. The second-order valence-corrected chi connectivity index (χ2v) is 5.20. The molecule has 0 radical (unpaired) electrons. The highest BCUT2D eigenvalue weighted by atomic mass is 15.3. The summed E-state index contributed by atoms with van der Waals surface area (Å²) in [7, 11) is 0. The van der Waals surface area contributed by atoms with Crippen molar-refractivity contribution < 1.29 is 0 Å². The molecule has 1 atom stereocenters. The summed E-state index contributed by atoms with van der Waals surface area (Å²) in [5, 5.41) is 0. The van der Waals surface area contributed by atoms with E-state index in [4.69, 9.17) is 4.98 Å². The van der Waals surface area contributed by atoms with Crippen LogP contribution in [0.4, 0.5) is 0 Å². The lowest BCUT2D eigenvalue weighted by Gasteiger charge is -2.36. The van der Waals surface area contributed by atoms with Gasteiger partial charge in [0, 0.05) is 19.2 Å². The first kappa shape index (κ1) is 12.6. The van der Waals surface area contributed by atoms with Gasteiger partial charge >= 0.3 is 0 Å². The van der Waals surface area contributed by atoms with E-state index in [1.807, 2.05) is 12.3 Å². The van der Waals surface area contributed by atoms with E-state index in [-0.39, 0.29) is 0 Å². The lowest BCUT2D eigenvalue weighted by atomic mass is 10.1. The largest absolute Gasteiger partial charge is 0.296 e. The molecule has 0 aromatic carbocycles. The van der Waals surface area contributed by atoms with Crippen LogP contribution in [0.15, 0.2) is 18.3 Å². The summed E-state index contributed by atoms with van der Waals surface area (Å²) >= 11 is 0. The monoisotopic (exact) mass is 258 g/mol. The Kier molecular flexibility index (Phi) is 3.51. The maximum atomic E-state index is 4.75. The van der Waals surface area contributed by atoms with E-state index in [2.05, 4.69) is 34.4 Å². The highest BCUT2D eigenvalue weighted by molar-refractivity contribution is 5.71. The van der Waals surface area contributed by atoms with Crippen LogP contribution in [0.2, 0.25) is 0 Å². The molecule has 1 aliphatic heterocycles. The molecule has 1 fully saturated rings. The van der Waals surface area contributed by atoms with Gasteiger partial charge in [0.15, 0.2) is 5.65 Å². The molecule has 4 heteroatoms. The Morgan fingerprint density at radius 3 is 3.00 bits per heavy atom. The minimum atomic E-state index is 0.439. The third-order valence-electron chi connectivity index (χ3n) is 4.12. The van der Waals surface area contributed by atoms with Crippen molar-refractivity contribution in [1.29, 1.82) is 0 Å². The number of hydrogen-bond acceptors (Lipinski definition) is 3. The van der Waals surface area contributed by atoms with Crippen LogP contribution in [0.5, 0.6) is 0 Å². The number of rotatable bonds is 3. The third kappa shape index (κ3) is 2.14. The fourth-order valence-electron chi connectivity index (χ4n) is 3.17. The van der Waals surface area contributed by atoms with Crippen molar-refractivity contribution in [3.63, 3.8) is 0 Å². The molecule has 0 spiro atoms. The minimum Gasteiger partial charge on any atom is -0.296 e. The number of aromatic nitrogens is 3. The van der Waals surface area contributed by atoms with Gasteiger partial charge in [0.05, 0.1) is 6.17 Å². The van der Waals surface area contributed by atoms with Gasteiger partial charge in [-0.3, -0.25) is 9.47 Å². The van der Waals surface area contributed by atoms with Crippen LogP contribution in [0.1, 0.15) is 45.1 Å². The Labute approximate surface area is 114 Å². The van der Waals surface area contributed by atoms with Crippen molar-refractivity contribution in [1.82, 2.24) is 19.4 Å². The number of aryl methyl sites for hydroxylation is 1. The van der Waals surface area contributed by atoms with Crippen molar-refractivity contribution in [2.75, 3.05) is 13.1 Å². The standard InChI is InChI=1S/C15H22N4/c1-3-13-17-12-8-7-10-16-15(12)19(13)14-9-5-6-11-18(14)4-2/h7-8,10,14H,3-6,9,11H2,1-2H3. The molecule has 0 amide bonds. The van der Waals surface area contributed by atoms with Crippen LogP contribution in [-0.2, 0) is 6.42 Å². The molecule has 1 aliphatic rings. The molecular formula is C15H22N4. The van der Waals surface area contributed by atoms with E-state index in [9.17, 15) is 0 Å². The predicted molar refractivity (Wildman–Crippen MR) is 77.0 cm³/mol. The number of imidazole rings is 1. The maximum absolute atomic E-state index is 4.75. The molecule has 2 aromatic rings. The van der Waals surface area contributed by atoms with Crippen molar-refractivity contribution in [3.8, 4) is 0 Å². The fraction of sp³-hybridized carbons (Fsp3) is 0.600. The van der Waals surface area contributed by atoms with Crippen molar-refractivity contribution in [3.05, 3.63) is 24.2 Å². The Bertz CT molecular complexity index is 560. The van der Waals surface area contributed by atoms with Gasteiger partial charge in [-0.15, -0.1) is 0 Å². The smallest absolute Gasteiger partial charge is 0.161 e. The summed E-state index contributed by atoms with van der Waals surface area (Å²) in [4.78, 5) is 11.9. The zero-order chi connectivity index (χ0) is 13.2. The molecule has 0 saturated carbocycles. The molecule has 3 rings (SSSR count). The second-order valence-electron chi connectivity index (χ2n) is 5.20. The van der Waals surface area contributed by atoms with E-state index < -0.39 is 0 Å². The molecule has 0 N–H and O–H groups in total. The first-order chi connectivity index (χ1) is 9.35. The van der Waals surface area contributed by atoms with Gasteiger partial charge in [-0.1, -0.05) is 13.8 Å². The molecule has 19 heavy (non-hydrogen) atoms. The van der Waals surface area contributed by atoms with Crippen LogP contribution in [0.3, 0.4) is 0 Å². The van der Waals surface area contributed by atoms with E-state index in [0.717, 1.165) is 24.1 Å². The van der Waals surface area contributed by atoms with Crippen LogP contribution in [0, 0.1) is 0 Å². The Morgan fingerprint density at radius 1 is 1.32 bits per heavy atom. The van der Waals surface area contributed by atoms with Crippen molar-refractivity contribution in [2.24, 2.45) is 0 Å². The van der Waals surface area contributed by atoms with Gasteiger partial charge in [0.1, 0.15) is 11.3 Å². The average molecular weight is 258 g/mol. The van der Waals surface area contributed by atoms with Gasteiger partial charge in [0.25, 0.3) is 0 Å². The van der Waals surface area contributed by atoms with Gasteiger partial charge in [-0.05, 0) is 37.9 Å². The van der Waals surface area contributed by atoms with Crippen LogP contribution in [0.25, 0.3) is 11.2 Å². The Balaban J connectivity index is 2.11. The van der Waals surface area contributed by atoms with Gasteiger partial charge in [0.2, 0.25) is 0 Å². The first-order valence-electron chi connectivity index (χ1n) is 7.41. The predicted octanol–water partition coefficient (Wildman–Crippen LogP) is 3.00. The van der Waals surface area contributed by atoms with Gasteiger partial charge < -0.3 is 0 Å². The summed E-state index contributed by atoms with van der Waals surface area (Å²) < 4.78 is 2.37. The number of piperidine rings is 1. The fourth-order valence-corrected chi connectivity index (χ4v) is 3.17. The number of pyridine rings is 1. The molecular weight excluding hydrogens is 236 g/mol. The molecule has 1 saturated heterocycles. The molecule has 1 unspecified atom stereocenters. The molecule has 0 bridgehead atoms. The van der Waals surface area contributed by atoms with Crippen LogP contribution >= 0.6 is 0 Å². The van der Waals surface area contributed by atoms with Crippen LogP contribution < -0.4 is 0 Å². The molecule has 2 aromatic heterocycles. The summed E-state index contributed by atoms with van der Waals surface area (Å²) in [5.41, 5.74) is 2.07. The highest BCUT2D eigenvalue weighted by Crippen LogP contribution is 2.30. The summed E-state index contributed by atoms with van der Waals surface area (Å²) in [6, 6.07) is 4.04. The minimum absolute atomic E-state index is 0.439. The quantitative estimate of drug-likeness (QED) is 0.848. The topological polar surface area (TPSA) is 34.0 Å². The van der Waals surface area contributed by atoms with Gasteiger partial charge in [-0.25, -0.2) is 9.97 Å². The number of likely N-dealkylation sites (tertiary alicyclic amines) is 1. The second kappa shape index (κ2) is 5.29. The van der Waals surface area contributed by atoms with Crippen molar-refractivity contribution >= 4 is 11.2 Å². The van der Waals surface area contributed by atoms with Crippen LogP contribution in [-0.4, -0.2) is 32.5 Å². The lowest BCUT2D eigenvalue weighted by molar-refractivity contribution is 0.102. The molecule has 3 heterocycles. The zero-order valence-electron chi connectivity index (χ0n) is 11.8. The highest BCUT2D eigenvalue weighted by Gasteiger charge is 2.26. The SMILES string of the molecule is CCc1nc2cccnc2n1C1CCCCN1CC. The summed E-state index contributed by atoms with van der Waals surface area (Å²) in [6.45, 7) is 6.71. The van der Waals surface area contributed by atoms with Crippen molar-refractivity contribution in [2.45, 2.75) is 45.7 Å². The molecule has 102 valence electrons. The maximum Gasteiger partial charge on any atom is 0.161 e. The third-order valence-corrected chi connectivity index (χ3v) is 4.12. The molecule has 0 aliphatic carbocycles.